The van der Waals surface area contributed by atoms with Crippen LogP contribution in [0.15, 0.2) is 58.8 Å². The molecule has 3 rings (SSSR count). The first kappa shape index (κ1) is 12.4. The zero-order valence-corrected chi connectivity index (χ0v) is 11.0. The maximum atomic E-state index is 12.0. The number of imidazole rings is 1. The highest BCUT2D eigenvalue weighted by atomic mass is 32.2. The number of hydrogen-bond donors (Lipinski definition) is 2. The monoisotopic (exact) mass is 290 g/mol. The van der Waals surface area contributed by atoms with Crippen LogP contribution in [0.3, 0.4) is 0 Å². The number of anilines is 1. The van der Waals surface area contributed by atoms with Crippen LogP contribution >= 0.6 is 0 Å². The van der Waals surface area contributed by atoms with Gasteiger partial charge in [0.2, 0.25) is 0 Å². The molecule has 0 spiro atoms. The highest BCUT2D eigenvalue weighted by Crippen LogP contribution is 2.21. The van der Waals surface area contributed by atoms with E-state index < -0.39 is 10.0 Å². The number of oxazole rings is 1. The van der Waals surface area contributed by atoms with E-state index in [1.807, 2.05) is 0 Å². The molecule has 8 heteroatoms. The first-order valence-electron chi connectivity index (χ1n) is 5.65. The molecule has 0 saturated heterocycles. The molecule has 7 nitrogen and oxygen atoms in total. The Hall–Kier alpha value is -2.61. The normalized spacial score (nSPS) is 11.4. The number of nitrogens with one attached hydrogen (secondary N) is 2. The number of sulfonamides is 1. The van der Waals surface area contributed by atoms with Gasteiger partial charge in [0.15, 0.2) is 17.2 Å². The van der Waals surface area contributed by atoms with Crippen LogP contribution in [0.2, 0.25) is 0 Å². The fourth-order valence-electron chi connectivity index (χ4n) is 1.66. The zero-order valence-electron chi connectivity index (χ0n) is 10.1. The van der Waals surface area contributed by atoms with Gasteiger partial charge in [0.25, 0.3) is 10.0 Å². The van der Waals surface area contributed by atoms with Crippen molar-refractivity contribution in [2.24, 2.45) is 0 Å². The second-order valence-corrected chi connectivity index (χ2v) is 5.62. The van der Waals surface area contributed by atoms with E-state index in [2.05, 4.69) is 19.7 Å². The lowest BCUT2D eigenvalue weighted by atomic mass is 10.2. The van der Waals surface area contributed by atoms with E-state index in [1.54, 1.807) is 30.5 Å². The molecule has 0 atom stereocenters. The molecule has 2 aromatic heterocycles. The second kappa shape index (κ2) is 4.82. The zero-order chi connectivity index (χ0) is 14.0. The summed E-state index contributed by atoms with van der Waals surface area (Å²) in [6.07, 6.45) is 5.47. The molecular formula is C12H10N4O3S. The summed E-state index contributed by atoms with van der Waals surface area (Å²) >= 11 is 0. The highest BCUT2D eigenvalue weighted by molar-refractivity contribution is 7.92. The van der Waals surface area contributed by atoms with Crippen molar-refractivity contribution in [2.75, 3.05) is 4.72 Å². The van der Waals surface area contributed by atoms with Crippen molar-refractivity contribution in [1.82, 2.24) is 15.0 Å². The summed E-state index contributed by atoms with van der Waals surface area (Å²) in [6, 6.07) is 6.77. The van der Waals surface area contributed by atoms with E-state index in [0.29, 0.717) is 11.4 Å². The molecule has 0 aliphatic carbocycles. The van der Waals surface area contributed by atoms with Crippen molar-refractivity contribution >= 4 is 15.7 Å². The van der Waals surface area contributed by atoms with Gasteiger partial charge in [-0.1, -0.05) is 0 Å². The number of benzene rings is 1. The molecule has 0 bridgehead atoms. The van der Waals surface area contributed by atoms with Crippen molar-refractivity contribution in [3.63, 3.8) is 0 Å². The predicted molar refractivity (Wildman–Crippen MR) is 71.3 cm³/mol. The van der Waals surface area contributed by atoms with Crippen molar-refractivity contribution in [1.29, 1.82) is 0 Å². The Morgan fingerprint density at radius 2 is 1.90 bits per heavy atom. The number of aromatic amines is 1. The lowest BCUT2D eigenvalue weighted by molar-refractivity contribution is 0.572. The third-order valence-corrected chi connectivity index (χ3v) is 3.92. The summed E-state index contributed by atoms with van der Waals surface area (Å²) in [5.74, 6) is 0.618. The summed E-state index contributed by atoms with van der Waals surface area (Å²) in [6.45, 7) is 0. The minimum atomic E-state index is -3.64. The average Bonchev–Trinajstić information content (AvgIpc) is 3.13. The second-order valence-electron chi connectivity index (χ2n) is 3.96. The van der Waals surface area contributed by atoms with E-state index in [9.17, 15) is 8.42 Å². The largest absolute Gasteiger partial charge is 0.444 e. The average molecular weight is 290 g/mol. The van der Waals surface area contributed by atoms with Crippen molar-refractivity contribution in [3.8, 4) is 11.3 Å². The van der Waals surface area contributed by atoms with Crippen molar-refractivity contribution in [2.45, 2.75) is 5.03 Å². The van der Waals surface area contributed by atoms with Crippen LogP contribution in [-0.2, 0) is 10.0 Å². The van der Waals surface area contributed by atoms with Crippen LogP contribution in [0.4, 0.5) is 5.69 Å². The molecule has 0 saturated carbocycles. The summed E-state index contributed by atoms with van der Waals surface area (Å²) < 4.78 is 31.5. The highest BCUT2D eigenvalue weighted by Gasteiger charge is 2.15. The number of aromatic nitrogens is 3. The Balaban J connectivity index is 1.83. The van der Waals surface area contributed by atoms with Gasteiger partial charge in [-0.05, 0) is 24.3 Å². The van der Waals surface area contributed by atoms with Crippen LogP contribution in [0.25, 0.3) is 11.3 Å². The molecule has 0 radical (unpaired) electrons. The molecule has 102 valence electrons. The van der Waals surface area contributed by atoms with Crippen molar-refractivity contribution in [3.05, 3.63) is 49.4 Å². The van der Waals surface area contributed by atoms with Crippen LogP contribution in [0.5, 0.6) is 0 Å². The molecule has 3 aromatic rings. The molecule has 0 amide bonds. The Labute approximate surface area is 114 Å². The maximum absolute atomic E-state index is 12.0. The predicted octanol–water partition coefficient (Wildman–Crippen LogP) is 1.87. The Morgan fingerprint density at radius 3 is 2.50 bits per heavy atom. The fraction of sp³-hybridized carbons (Fsp3) is 0. The van der Waals surface area contributed by atoms with Gasteiger partial charge in [-0.2, -0.15) is 8.42 Å². The van der Waals surface area contributed by atoms with Gasteiger partial charge in [0, 0.05) is 11.3 Å². The fourth-order valence-corrected chi connectivity index (χ4v) is 2.62. The Bertz CT molecular complexity index is 778. The number of H-pyrrole nitrogens is 1. The van der Waals surface area contributed by atoms with Gasteiger partial charge < -0.3 is 9.40 Å². The van der Waals surface area contributed by atoms with Crippen LogP contribution in [0.1, 0.15) is 0 Å². The molecular weight excluding hydrogens is 280 g/mol. The first-order valence-corrected chi connectivity index (χ1v) is 7.13. The van der Waals surface area contributed by atoms with Crippen LogP contribution < -0.4 is 4.72 Å². The van der Waals surface area contributed by atoms with E-state index in [4.69, 9.17) is 4.42 Å². The minimum absolute atomic E-state index is 0.0109. The lowest BCUT2D eigenvalue weighted by Gasteiger charge is -2.06. The number of nitrogens with zero attached hydrogens (tertiary/aromatic N) is 2. The van der Waals surface area contributed by atoms with E-state index in [0.717, 1.165) is 5.56 Å². The molecule has 0 unspecified atom stereocenters. The van der Waals surface area contributed by atoms with Crippen LogP contribution in [-0.4, -0.2) is 23.4 Å². The molecule has 0 fully saturated rings. The van der Waals surface area contributed by atoms with E-state index in [1.165, 1.54) is 18.9 Å². The molecule has 1 aromatic carbocycles. The standard InChI is InChI=1S/C12H10N4O3S/c17-20(18,12-6-13-7-15-12)16-10-3-1-9(2-4-10)11-5-14-8-19-11/h1-8,16H,(H,13,15). The van der Waals surface area contributed by atoms with Gasteiger partial charge in [0.05, 0.1) is 18.7 Å². The smallest absolute Gasteiger partial charge is 0.278 e. The maximum Gasteiger partial charge on any atom is 0.278 e. The molecule has 2 N–H and O–H groups in total. The lowest BCUT2D eigenvalue weighted by Crippen LogP contribution is -2.13. The molecule has 0 aliphatic rings. The first-order chi connectivity index (χ1) is 9.65. The third kappa shape index (κ3) is 2.41. The van der Waals surface area contributed by atoms with Crippen molar-refractivity contribution < 1.29 is 12.8 Å². The summed E-state index contributed by atoms with van der Waals surface area (Å²) in [5.41, 5.74) is 1.26. The summed E-state index contributed by atoms with van der Waals surface area (Å²) in [4.78, 5) is 10.1. The molecule has 20 heavy (non-hydrogen) atoms. The van der Waals surface area contributed by atoms with Gasteiger partial charge in [0.1, 0.15) is 0 Å². The van der Waals surface area contributed by atoms with Gasteiger partial charge in [-0.25, -0.2) is 9.97 Å². The van der Waals surface area contributed by atoms with E-state index in [-0.39, 0.29) is 5.03 Å². The molecule has 0 aliphatic heterocycles. The topological polar surface area (TPSA) is 101 Å². The SMILES string of the molecule is O=S(=O)(Nc1ccc(-c2cnco2)cc1)c1cnc[nH]1. The third-order valence-electron chi connectivity index (χ3n) is 2.62. The van der Waals surface area contributed by atoms with Crippen LogP contribution in [0, 0.1) is 0 Å². The molecule has 2 heterocycles. The van der Waals surface area contributed by atoms with Gasteiger partial charge in [-0.15, -0.1) is 0 Å². The minimum Gasteiger partial charge on any atom is -0.444 e. The Morgan fingerprint density at radius 1 is 1.10 bits per heavy atom. The summed E-state index contributed by atoms with van der Waals surface area (Å²) in [7, 11) is -3.64. The summed E-state index contributed by atoms with van der Waals surface area (Å²) in [5, 5.41) is 0.0109. The number of hydrogen-bond acceptors (Lipinski definition) is 5. The Kier molecular flexibility index (Phi) is 2.99. The van der Waals surface area contributed by atoms with E-state index >= 15 is 0 Å². The van der Waals surface area contributed by atoms with Gasteiger partial charge in [-0.3, -0.25) is 4.72 Å². The quantitative estimate of drug-likeness (QED) is 0.763. The number of rotatable bonds is 4. The van der Waals surface area contributed by atoms with Gasteiger partial charge >= 0.3 is 0 Å².